The number of aryl methyl sites for hydroxylation is 1. The van der Waals surface area contributed by atoms with Gasteiger partial charge in [-0.05, 0) is 36.8 Å². The molecule has 0 saturated heterocycles. The van der Waals surface area contributed by atoms with Crippen molar-refractivity contribution in [3.8, 4) is 0 Å². The first kappa shape index (κ1) is 21.6. The minimum atomic E-state index is -4.68. The van der Waals surface area contributed by atoms with Crippen molar-refractivity contribution < 1.29 is 26.4 Å². The van der Waals surface area contributed by atoms with Crippen LogP contribution in [0.25, 0.3) is 0 Å². The minimum Gasteiger partial charge on any atom is -0.325 e. The molecule has 0 aliphatic carbocycles. The number of hydrogen-bond acceptors (Lipinski definition) is 3. The van der Waals surface area contributed by atoms with Gasteiger partial charge in [-0.1, -0.05) is 30.3 Å². The highest BCUT2D eigenvalue weighted by molar-refractivity contribution is 7.89. The topological polar surface area (TPSA) is 66.5 Å². The Morgan fingerprint density at radius 1 is 1.18 bits per heavy atom. The lowest BCUT2D eigenvalue weighted by Gasteiger charge is -2.21. The van der Waals surface area contributed by atoms with Crippen LogP contribution < -0.4 is 5.32 Å². The molecule has 0 spiro atoms. The molecule has 0 saturated carbocycles. The third kappa shape index (κ3) is 5.20. The van der Waals surface area contributed by atoms with Crippen molar-refractivity contribution in [2.45, 2.75) is 18.0 Å². The molecule has 9 heteroatoms. The fraction of sp³-hybridized carbons (Fsp3) is 0.211. The number of nitrogens with zero attached hydrogens (tertiary/aromatic N) is 1. The van der Waals surface area contributed by atoms with Crippen molar-refractivity contribution in [3.63, 3.8) is 0 Å². The summed E-state index contributed by atoms with van der Waals surface area (Å²) in [5.41, 5.74) is 0.214. The van der Waals surface area contributed by atoms with Crippen molar-refractivity contribution >= 4 is 21.6 Å². The molecule has 0 atom stereocenters. The highest BCUT2D eigenvalue weighted by Gasteiger charge is 2.33. The number of alkyl halides is 3. The molecule has 0 aromatic heterocycles. The summed E-state index contributed by atoms with van der Waals surface area (Å²) in [5.74, 6) is -0.619. The maximum atomic E-state index is 12.9. The molecule has 2 aromatic rings. The molecule has 0 radical (unpaired) electrons. The van der Waals surface area contributed by atoms with Crippen LogP contribution in [0.1, 0.15) is 11.1 Å². The molecule has 0 bridgehead atoms. The average Bonchev–Trinajstić information content (AvgIpc) is 2.62. The van der Waals surface area contributed by atoms with E-state index in [1.165, 1.54) is 6.08 Å². The van der Waals surface area contributed by atoms with Gasteiger partial charge in [0, 0.05) is 12.2 Å². The van der Waals surface area contributed by atoms with Crippen LogP contribution in [0, 0.1) is 6.92 Å². The van der Waals surface area contributed by atoms with Gasteiger partial charge in [-0.25, -0.2) is 8.42 Å². The maximum Gasteiger partial charge on any atom is 0.416 e. The van der Waals surface area contributed by atoms with Gasteiger partial charge in [0.15, 0.2) is 0 Å². The van der Waals surface area contributed by atoms with Crippen molar-refractivity contribution in [1.29, 1.82) is 0 Å². The number of sulfonamides is 1. The average molecular weight is 412 g/mol. The van der Waals surface area contributed by atoms with E-state index < -0.39 is 39.1 Å². The molecule has 0 aliphatic rings. The second kappa shape index (κ2) is 8.57. The number of carbonyl (C=O) groups is 1. The molecule has 2 aromatic carbocycles. The van der Waals surface area contributed by atoms with Crippen LogP contribution in [0.2, 0.25) is 0 Å². The first-order valence-electron chi connectivity index (χ1n) is 8.19. The first-order valence-corrected chi connectivity index (χ1v) is 9.63. The summed E-state index contributed by atoms with van der Waals surface area (Å²) >= 11 is 0. The van der Waals surface area contributed by atoms with Crippen molar-refractivity contribution in [2.24, 2.45) is 0 Å². The summed E-state index contributed by atoms with van der Waals surface area (Å²) in [6.45, 7) is 4.42. The van der Waals surface area contributed by atoms with E-state index in [-0.39, 0.29) is 6.54 Å². The summed E-state index contributed by atoms with van der Waals surface area (Å²) < 4.78 is 65.1. The lowest BCUT2D eigenvalue weighted by Crippen LogP contribution is -2.38. The van der Waals surface area contributed by atoms with E-state index in [9.17, 15) is 26.4 Å². The number of benzene rings is 2. The minimum absolute atomic E-state index is 0.236. The van der Waals surface area contributed by atoms with E-state index in [4.69, 9.17) is 0 Å². The number of halogens is 3. The zero-order chi connectivity index (χ0) is 20.9. The van der Waals surface area contributed by atoms with Crippen molar-refractivity contribution in [2.75, 3.05) is 18.4 Å². The van der Waals surface area contributed by atoms with E-state index in [2.05, 4.69) is 11.9 Å². The number of anilines is 1. The van der Waals surface area contributed by atoms with E-state index in [1.807, 2.05) is 0 Å². The van der Waals surface area contributed by atoms with Crippen LogP contribution in [-0.2, 0) is 21.0 Å². The summed E-state index contributed by atoms with van der Waals surface area (Å²) in [6.07, 6.45) is -3.43. The molecular formula is C19H19F3N2O3S. The third-order valence-electron chi connectivity index (χ3n) is 3.87. The molecule has 2 rings (SSSR count). The van der Waals surface area contributed by atoms with Crippen molar-refractivity contribution in [1.82, 2.24) is 4.31 Å². The Hall–Kier alpha value is -2.65. The fourth-order valence-electron chi connectivity index (χ4n) is 2.44. The SMILES string of the molecule is C=CCN(CC(=O)Nc1ccccc1C)S(=O)(=O)c1cccc(C(F)(F)F)c1. The van der Waals surface area contributed by atoms with Crippen LogP contribution >= 0.6 is 0 Å². The van der Waals surface area contributed by atoms with Gasteiger partial charge in [0.1, 0.15) is 0 Å². The quantitative estimate of drug-likeness (QED) is 0.703. The van der Waals surface area contributed by atoms with Crippen LogP contribution in [0.3, 0.4) is 0 Å². The molecular weight excluding hydrogens is 393 g/mol. The predicted octanol–water partition coefficient (Wildman–Crippen LogP) is 3.83. The standard InChI is InChI=1S/C19H19F3N2O3S/c1-3-11-24(13-18(25)23-17-10-5-4-7-14(17)2)28(26,27)16-9-6-8-15(12-16)19(20,21)22/h3-10,12H,1,11,13H2,2H3,(H,23,25). The summed E-state index contributed by atoms with van der Waals surface area (Å²) in [6, 6.07) is 10.3. The second-order valence-corrected chi connectivity index (χ2v) is 7.91. The monoisotopic (exact) mass is 412 g/mol. The Balaban J connectivity index is 2.28. The van der Waals surface area contributed by atoms with Gasteiger partial charge in [0.2, 0.25) is 15.9 Å². The van der Waals surface area contributed by atoms with Gasteiger partial charge >= 0.3 is 6.18 Å². The van der Waals surface area contributed by atoms with E-state index >= 15 is 0 Å². The molecule has 150 valence electrons. The Labute approximate surface area is 161 Å². The molecule has 5 nitrogen and oxygen atoms in total. The molecule has 0 fully saturated rings. The fourth-order valence-corrected chi connectivity index (χ4v) is 3.85. The number of para-hydroxylation sites is 1. The zero-order valence-electron chi connectivity index (χ0n) is 15.0. The van der Waals surface area contributed by atoms with Gasteiger partial charge < -0.3 is 5.32 Å². The molecule has 28 heavy (non-hydrogen) atoms. The Morgan fingerprint density at radius 2 is 1.86 bits per heavy atom. The largest absolute Gasteiger partial charge is 0.416 e. The van der Waals surface area contributed by atoms with Crippen LogP contribution in [0.4, 0.5) is 18.9 Å². The van der Waals surface area contributed by atoms with E-state index in [1.54, 1.807) is 31.2 Å². The van der Waals surface area contributed by atoms with Gasteiger partial charge in [-0.2, -0.15) is 17.5 Å². The smallest absolute Gasteiger partial charge is 0.325 e. The predicted molar refractivity (Wildman–Crippen MR) is 100 cm³/mol. The van der Waals surface area contributed by atoms with Crippen molar-refractivity contribution in [3.05, 3.63) is 72.3 Å². The van der Waals surface area contributed by atoms with Gasteiger partial charge in [-0.15, -0.1) is 6.58 Å². The zero-order valence-corrected chi connectivity index (χ0v) is 15.8. The van der Waals surface area contributed by atoms with Gasteiger partial charge in [0.25, 0.3) is 0 Å². The lowest BCUT2D eigenvalue weighted by molar-refractivity contribution is -0.137. The van der Waals surface area contributed by atoms with Gasteiger partial charge in [-0.3, -0.25) is 4.79 Å². The number of nitrogens with one attached hydrogen (secondary N) is 1. The summed E-state index contributed by atoms with van der Waals surface area (Å²) in [7, 11) is -4.34. The molecule has 1 amide bonds. The number of rotatable bonds is 7. The third-order valence-corrected chi connectivity index (χ3v) is 5.68. The highest BCUT2D eigenvalue weighted by atomic mass is 32.2. The summed E-state index contributed by atoms with van der Waals surface area (Å²) in [5, 5.41) is 2.60. The number of carbonyl (C=O) groups excluding carboxylic acids is 1. The highest BCUT2D eigenvalue weighted by Crippen LogP contribution is 2.31. The normalized spacial score (nSPS) is 12.0. The maximum absolute atomic E-state index is 12.9. The van der Waals surface area contributed by atoms with Crippen LogP contribution in [-0.4, -0.2) is 31.7 Å². The number of amides is 1. The second-order valence-electron chi connectivity index (χ2n) is 5.97. The van der Waals surface area contributed by atoms with E-state index in [0.29, 0.717) is 11.8 Å². The number of hydrogen-bond donors (Lipinski definition) is 1. The first-order chi connectivity index (χ1) is 13.1. The van der Waals surface area contributed by atoms with Gasteiger partial charge in [0.05, 0.1) is 17.0 Å². The molecule has 0 unspecified atom stereocenters. The van der Waals surface area contributed by atoms with Crippen LogP contribution in [0.5, 0.6) is 0 Å². The lowest BCUT2D eigenvalue weighted by atomic mass is 10.2. The van der Waals surface area contributed by atoms with Crippen LogP contribution in [0.15, 0.2) is 66.1 Å². The Kier molecular flexibility index (Phi) is 6.63. The Bertz CT molecular complexity index is 972. The summed E-state index contributed by atoms with van der Waals surface area (Å²) in [4.78, 5) is 11.8. The van der Waals surface area contributed by atoms with E-state index in [0.717, 1.165) is 28.1 Å². The molecule has 1 N–H and O–H groups in total. The Morgan fingerprint density at radius 3 is 2.46 bits per heavy atom. The molecule has 0 heterocycles. The molecule has 0 aliphatic heterocycles.